The van der Waals surface area contributed by atoms with Crippen LogP contribution >= 0.6 is 39.1 Å². The largest absolute Gasteiger partial charge is 0.378 e. The van der Waals surface area contributed by atoms with Crippen LogP contribution in [0.3, 0.4) is 0 Å². The number of methoxy groups -OCH3 is 1. The van der Waals surface area contributed by atoms with Crippen molar-refractivity contribution in [1.82, 2.24) is 9.97 Å². The van der Waals surface area contributed by atoms with Crippen molar-refractivity contribution in [2.75, 3.05) is 7.11 Å². The highest BCUT2D eigenvalue weighted by molar-refractivity contribution is 9.10. The summed E-state index contributed by atoms with van der Waals surface area (Å²) in [6, 6.07) is 4.62. The smallest absolute Gasteiger partial charge is 0.164 e. The molecule has 0 unspecified atom stereocenters. The number of rotatable bonds is 3. The SMILES string of the molecule is COCc1nc(-c2cccc(Cl)c2F)nc(Cl)c1Br. The summed E-state index contributed by atoms with van der Waals surface area (Å²) in [5, 5.41) is 0.199. The van der Waals surface area contributed by atoms with Crippen LogP contribution in [0, 0.1) is 5.82 Å². The Morgan fingerprint density at radius 3 is 2.74 bits per heavy atom. The van der Waals surface area contributed by atoms with Crippen LogP contribution in [0.1, 0.15) is 5.69 Å². The Morgan fingerprint density at radius 1 is 1.32 bits per heavy atom. The molecule has 0 aliphatic heterocycles. The third-order valence-electron chi connectivity index (χ3n) is 2.35. The highest BCUT2D eigenvalue weighted by Gasteiger charge is 2.16. The van der Waals surface area contributed by atoms with Gasteiger partial charge < -0.3 is 4.74 Å². The van der Waals surface area contributed by atoms with Crippen molar-refractivity contribution < 1.29 is 9.13 Å². The fourth-order valence-electron chi connectivity index (χ4n) is 1.49. The van der Waals surface area contributed by atoms with Gasteiger partial charge in [-0.15, -0.1) is 0 Å². The van der Waals surface area contributed by atoms with Crippen LogP contribution in [-0.4, -0.2) is 17.1 Å². The van der Waals surface area contributed by atoms with E-state index in [2.05, 4.69) is 25.9 Å². The van der Waals surface area contributed by atoms with Gasteiger partial charge >= 0.3 is 0 Å². The summed E-state index contributed by atoms with van der Waals surface area (Å²) in [7, 11) is 1.53. The number of halogens is 4. The Labute approximate surface area is 127 Å². The maximum absolute atomic E-state index is 13.9. The van der Waals surface area contributed by atoms with Gasteiger partial charge in [-0.25, -0.2) is 14.4 Å². The summed E-state index contributed by atoms with van der Waals surface area (Å²) in [5.74, 6) is -0.411. The van der Waals surface area contributed by atoms with Crippen LogP contribution in [0.4, 0.5) is 4.39 Å². The van der Waals surface area contributed by atoms with Gasteiger partial charge in [-0.2, -0.15) is 0 Å². The predicted molar refractivity (Wildman–Crippen MR) is 75.9 cm³/mol. The van der Waals surface area contributed by atoms with Gasteiger partial charge in [0.15, 0.2) is 11.6 Å². The van der Waals surface area contributed by atoms with Crippen molar-refractivity contribution in [2.24, 2.45) is 0 Å². The minimum Gasteiger partial charge on any atom is -0.378 e. The summed E-state index contributed by atoms with van der Waals surface area (Å²) in [4.78, 5) is 8.27. The maximum Gasteiger partial charge on any atom is 0.164 e. The molecule has 0 radical (unpaired) electrons. The zero-order chi connectivity index (χ0) is 14.0. The Bertz CT molecular complexity index is 625. The number of aromatic nitrogens is 2. The Morgan fingerprint density at radius 2 is 2.05 bits per heavy atom. The molecule has 3 nitrogen and oxygen atoms in total. The van der Waals surface area contributed by atoms with Crippen molar-refractivity contribution >= 4 is 39.1 Å². The number of hydrogen-bond acceptors (Lipinski definition) is 3. The molecule has 0 atom stereocenters. The van der Waals surface area contributed by atoms with E-state index in [0.717, 1.165) is 0 Å². The van der Waals surface area contributed by atoms with Gasteiger partial charge in [0.1, 0.15) is 5.15 Å². The van der Waals surface area contributed by atoms with Gasteiger partial charge in [0.2, 0.25) is 0 Å². The minimum atomic E-state index is -0.578. The fraction of sp³-hybridized carbons (Fsp3) is 0.167. The van der Waals surface area contributed by atoms with Crippen LogP contribution in [0.15, 0.2) is 22.7 Å². The third-order valence-corrected chi connectivity index (χ3v) is 3.98. The molecule has 19 heavy (non-hydrogen) atoms. The van der Waals surface area contributed by atoms with E-state index < -0.39 is 5.82 Å². The lowest BCUT2D eigenvalue weighted by molar-refractivity contribution is 0.181. The highest BCUT2D eigenvalue weighted by Crippen LogP contribution is 2.30. The van der Waals surface area contributed by atoms with Crippen molar-refractivity contribution in [2.45, 2.75) is 6.61 Å². The summed E-state index contributed by atoms with van der Waals surface area (Å²) in [5.41, 5.74) is 0.733. The fourth-order valence-corrected chi connectivity index (χ4v) is 2.15. The number of hydrogen-bond donors (Lipinski definition) is 0. The van der Waals surface area contributed by atoms with Crippen LogP contribution in [0.2, 0.25) is 10.2 Å². The standard InChI is InChI=1S/C12H8BrCl2FN2O/c1-19-5-8-9(13)11(15)18-12(17-8)6-3-2-4-7(14)10(6)16/h2-4H,5H2,1H3. The van der Waals surface area contributed by atoms with Gasteiger partial charge in [-0.05, 0) is 28.1 Å². The van der Waals surface area contributed by atoms with Crippen LogP contribution < -0.4 is 0 Å². The van der Waals surface area contributed by atoms with Gasteiger partial charge in [-0.3, -0.25) is 0 Å². The molecule has 1 aromatic carbocycles. The van der Waals surface area contributed by atoms with E-state index in [1.807, 2.05) is 0 Å². The molecular weight excluding hydrogens is 358 g/mol. The molecule has 0 aliphatic rings. The molecule has 0 saturated heterocycles. The molecule has 7 heteroatoms. The van der Waals surface area contributed by atoms with E-state index in [1.54, 1.807) is 6.07 Å². The lowest BCUT2D eigenvalue weighted by Gasteiger charge is -2.08. The lowest BCUT2D eigenvalue weighted by Crippen LogP contribution is -2.01. The molecule has 0 aliphatic carbocycles. The van der Waals surface area contributed by atoms with E-state index >= 15 is 0 Å². The molecule has 0 amide bonds. The van der Waals surface area contributed by atoms with Crippen LogP contribution in [0.5, 0.6) is 0 Å². The van der Waals surface area contributed by atoms with E-state index in [9.17, 15) is 4.39 Å². The van der Waals surface area contributed by atoms with Gasteiger partial charge in [0, 0.05) is 7.11 Å². The summed E-state index contributed by atoms with van der Waals surface area (Å²) < 4.78 is 19.5. The minimum absolute atomic E-state index is 0.00781. The molecule has 0 fully saturated rings. The van der Waals surface area contributed by atoms with E-state index in [0.29, 0.717) is 10.2 Å². The molecule has 0 N–H and O–H groups in total. The molecular formula is C12H8BrCl2FN2O. The molecule has 0 saturated carbocycles. The lowest BCUT2D eigenvalue weighted by atomic mass is 10.2. The molecule has 0 bridgehead atoms. The summed E-state index contributed by atoms with van der Waals surface area (Å²) >= 11 is 15.0. The second kappa shape index (κ2) is 6.13. The Hall–Kier alpha value is -0.750. The predicted octanol–water partition coefficient (Wildman–Crippen LogP) is 4.50. The monoisotopic (exact) mass is 364 g/mol. The third kappa shape index (κ3) is 3.05. The first-order valence-electron chi connectivity index (χ1n) is 5.19. The van der Waals surface area contributed by atoms with E-state index in [1.165, 1.54) is 19.2 Å². The molecule has 2 rings (SSSR count). The van der Waals surface area contributed by atoms with Crippen molar-refractivity contribution in [3.05, 3.63) is 44.4 Å². The van der Waals surface area contributed by atoms with Crippen molar-refractivity contribution in [3.8, 4) is 11.4 Å². The maximum atomic E-state index is 13.9. The second-order valence-corrected chi connectivity index (χ2v) is 5.19. The zero-order valence-corrected chi connectivity index (χ0v) is 12.9. The number of nitrogens with zero attached hydrogens (tertiary/aromatic N) is 2. The Kier molecular flexibility index (Phi) is 4.73. The molecule has 2 aromatic rings. The van der Waals surface area contributed by atoms with E-state index in [4.69, 9.17) is 27.9 Å². The highest BCUT2D eigenvalue weighted by atomic mass is 79.9. The van der Waals surface area contributed by atoms with Gasteiger partial charge in [0.25, 0.3) is 0 Å². The number of ether oxygens (including phenoxy) is 1. The summed E-state index contributed by atoms with van der Waals surface area (Å²) in [6.07, 6.45) is 0. The zero-order valence-electron chi connectivity index (χ0n) is 9.75. The van der Waals surface area contributed by atoms with Gasteiger partial charge in [0.05, 0.1) is 27.4 Å². The van der Waals surface area contributed by atoms with Crippen molar-refractivity contribution in [3.63, 3.8) is 0 Å². The van der Waals surface area contributed by atoms with Crippen molar-refractivity contribution in [1.29, 1.82) is 0 Å². The Balaban J connectivity index is 2.59. The average Bonchev–Trinajstić information content (AvgIpc) is 2.38. The normalized spacial score (nSPS) is 10.8. The second-order valence-electron chi connectivity index (χ2n) is 3.63. The van der Waals surface area contributed by atoms with E-state index in [-0.39, 0.29) is 28.2 Å². The first-order chi connectivity index (χ1) is 9.04. The first kappa shape index (κ1) is 14.7. The number of benzene rings is 1. The first-order valence-corrected chi connectivity index (χ1v) is 6.74. The van der Waals surface area contributed by atoms with Crippen LogP contribution in [-0.2, 0) is 11.3 Å². The average molecular weight is 366 g/mol. The topological polar surface area (TPSA) is 35.0 Å². The van der Waals surface area contributed by atoms with Crippen LogP contribution in [0.25, 0.3) is 11.4 Å². The molecule has 0 spiro atoms. The quantitative estimate of drug-likeness (QED) is 0.751. The molecule has 100 valence electrons. The molecule has 1 aromatic heterocycles. The summed E-state index contributed by atoms with van der Waals surface area (Å²) in [6.45, 7) is 0.234. The molecule has 1 heterocycles. The van der Waals surface area contributed by atoms with Gasteiger partial charge in [-0.1, -0.05) is 29.3 Å².